The SMILES string of the molecule is Cc1cc(C)c2cc(C#N)c(NCCNC(=O)c3cccc(Cl)c3)[nH+]c2c1. The van der Waals surface area contributed by atoms with Gasteiger partial charge in [0.2, 0.25) is 0 Å². The zero-order valence-electron chi connectivity index (χ0n) is 15.2. The molecule has 3 aromatic rings. The zero-order chi connectivity index (χ0) is 19.4. The van der Waals surface area contributed by atoms with Crippen LogP contribution in [0, 0.1) is 25.2 Å². The molecule has 2 aromatic carbocycles. The highest BCUT2D eigenvalue weighted by Crippen LogP contribution is 2.21. The molecule has 3 rings (SSSR count). The van der Waals surface area contributed by atoms with E-state index in [0.29, 0.717) is 35.1 Å². The van der Waals surface area contributed by atoms with Gasteiger partial charge in [-0.05, 0) is 55.3 Å². The Balaban J connectivity index is 1.68. The van der Waals surface area contributed by atoms with E-state index in [4.69, 9.17) is 11.6 Å². The maximum absolute atomic E-state index is 12.1. The van der Waals surface area contributed by atoms with E-state index >= 15 is 0 Å². The molecule has 0 aliphatic carbocycles. The van der Waals surface area contributed by atoms with E-state index in [1.54, 1.807) is 24.3 Å². The highest BCUT2D eigenvalue weighted by atomic mass is 35.5. The summed E-state index contributed by atoms with van der Waals surface area (Å²) in [6, 6.07) is 15.0. The molecule has 6 heteroatoms. The lowest BCUT2D eigenvalue weighted by molar-refractivity contribution is -0.327. The van der Waals surface area contributed by atoms with Crippen LogP contribution < -0.4 is 15.6 Å². The second-order valence-corrected chi connectivity index (χ2v) is 6.84. The summed E-state index contributed by atoms with van der Waals surface area (Å²) in [6.07, 6.45) is 0. The van der Waals surface area contributed by atoms with Crippen molar-refractivity contribution >= 4 is 34.2 Å². The summed E-state index contributed by atoms with van der Waals surface area (Å²) < 4.78 is 0. The van der Waals surface area contributed by atoms with Gasteiger partial charge in [0.25, 0.3) is 11.7 Å². The molecule has 0 atom stereocenters. The van der Waals surface area contributed by atoms with E-state index in [1.807, 2.05) is 19.9 Å². The molecule has 1 heterocycles. The molecule has 0 radical (unpaired) electrons. The summed E-state index contributed by atoms with van der Waals surface area (Å²) in [5, 5.41) is 17.0. The van der Waals surface area contributed by atoms with Gasteiger partial charge in [-0.3, -0.25) is 10.1 Å². The Hall–Kier alpha value is -3.10. The first kappa shape index (κ1) is 18.7. The quantitative estimate of drug-likeness (QED) is 0.664. The number of H-pyrrole nitrogens is 1. The Bertz CT molecular complexity index is 1060. The molecule has 0 bridgehead atoms. The van der Waals surface area contributed by atoms with Crippen molar-refractivity contribution in [1.29, 1.82) is 5.26 Å². The van der Waals surface area contributed by atoms with Crippen LogP contribution in [0.3, 0.4) is 0 Å². The van der Waals surface area contributed by atoms with E-state index in [0.717, 1.165) is 22.0 Å². The van der Waals surface area contributed by atoms with Crippen LogP contribution in [-0.4, -0.2) is 19.0 Å². The largest absolute Gasteiger partial charge is 0.348 e. The standard InChI is InChI=1S/C21H19ClN4O/c1-13-8-14(2)18-11-16(12-23)20(26-19(18)9-13)24-6-7-25-21(27)15-4-3-5-17(22)10-15/h3-5,8-11H,6-7H2,1-2H3,(H,24,26)(H,25,27)/p+1. The molecule has 0 spiro atoms. The first-order valence-corrected chi connectivity index (χ1v) is 9.01. The average Bonchev–Trinajstić information content (AvgIpc) is 2.64. The summed E-state index contributed by atoms with van der Waals surface area (Å²) in [5.74, 6) is 0.459. The molecule has 0 aliphatic heterocycles. The van der Waals surface area contributed by atoms with E-state index in [2.05, 4.69) is 33.8 Å². The van der Waals surface area contributed by atoms with Crippen LogP contribution in [-0.2, 0) is 0 Å². The Labute approximate surface area is 163 Å². The van der Waals surface area contributed by atoms with Crippen LogP contribution in [0.15, 0.2) is 42.5 Å². The van der Waals surface area contributed by atoms with Gasteiger partial charge < -0.3 is 5.32 Å². The number of rotatable bonds is 5. The number of fused-ring (bicyclic) bond motifs is 1. The van der Waals surface area contributed by atoms with Crippen LogP contribution in [0.5, 0.6) is 0 Å². The summed E-state index contributed by atoms with van der Waals surface area (Å²) in [5.41, 5.74) is 4.30. The van der Waals surface area contributed by atoms with Crippen molar-refractivity contribution in [2.24, 2.45) is 0 Å². The third kappa shape index (κ3) is 4.36. The third-order valence-corrected chi connectivity index (χ3v) is 4.50. The van der Waals surface area contributed by atoms with Crippen molar-refractivity contribution in [3.8, 4) is 6.07 Å². The average molecular weight is 380 g/mol. The summed E-state index contributed by atoms with van der Waals surface area (Å²) in [6.45, 7) is 4.96. The molecule has 1 aromatic heterocycles. The first-order valence-electron chi connectivity index (χ1n) is 8.63. The van der Waals surface area contributed by atoms with Crippen LogP contribution in [0.1, 0.15) is 27.0 Å². The number of halogens is 1. The number of aromatic nitrogens is 1. The second kappa shape index (κ2) is 8.07. The fourth-order valence-corrected chi connectivity index (χ4v) is 3.21. The molecular weight excluding hydrogens is 360 g/mol. The number of carbonyl (C=O) groups excluding carboxylic acids is 1. The van der Waals surface area contributed by atoms with Gasteiger partial charge in [0, 0.05) is 16.0 Å². The molecule has 3 N–H and O–H groups in total. The van der Waals surface area contributed by atoms with Gasteiger partial charge in [-0.2, -0.15) is 5.26 Å². The fraction of sp³-hybridized carbons (Fsp3) is 0.190. The number of nitrogens with zero attached hydrogens (tertiary/aromatic N) is 1. The predicted molar refractivity (Wildman–Crippen MR) is 107 cm³/mol. The zero-order valence-corrected chi connectivity index (χ0v) is 15.9. The van der Waals surface area contributed by atoms with Gasteiger partial charge in [0.1, 0.15) is 23.7 Å². The number of anilines is 1. The Kier molecular flexibility index (Phi) is 5.58. The highest BCUT2D eigenvalue weighted by Gasteiger charge is 2.14. The van der Waals surface area contributed by atoms with E-state index in [9.17, 15) is 10.1 Å². The van der Waals surface area contributed by atoms with Gasteiger partial charge in [-0.25, -0.2) is 4.98 Å². The molecule has 1 amide bonds. The highest BCUT2D eigenvalue weighted by molar-refractivity contribution is 6.30. The molecule has 0 saturated heterocycles. The van der Waals surface area contributed by atoms with E-state index in [1.165, 1.54) is 0 Å². The maximum Gasteiger partial charge on any atom is 0.290 e. The summed E-state index contributed by atoms with van der Waals surface area (Å²) in [7, 11) is 0. The van der Waals surface area contributed by atoms with Gasteiger partial charge in [-0.15, -0.1) is 0 Å². The van der Waals surface area contributed by atoms with Crippen molar-refractivity contribution in [1.82, 2.24) is 5.32 Å². The Morgan fingerprint density at radius 3 is 2.74 bits per heavy atom. The van der Waals surface area contributed by atoms with Crippen molar-refractivity contribution in [3.05, 3.63) is 69.7 Å². The van der Waals surface area contributed by atoms with Gasteiger partial charge in [0.05, 0.1) is 6.54 Å². The van der Waals surface area contributed by atoms with Crippen molar-refractivity contribution < 1.29 is 9.78 Å². The fourth-order valence-electron chi connectivity index (χ4n) is 3.02. The first-order chi connectivity index (χ1) is 13.0. The van der Waals surface area contributed by atoms with Gasteiger partial charge in [-0.1, -0.05) is 23.7 Å². The van der Waals surface area contributed by atoms with Crippen LogP contribution >= 0.6 is 11.6 Å². The number of pyridine rings is 1. The van der Waals surface area contributed by atoms with Crippen molar-refractivity contribution in [2.45, 2.75) is 13.8 Å². The number of hydrogen-bond donors (Lipinski definition) is 2. The van der Waals surface area contributed by atoms with Gasteiger partial charge >= 0.3 is 0 Å². The number of aryl methyl sites for hydroxylation is 2. The summed E-state index contributed by atoms with van der Waals surface area (Å²) in [4.78, 5) is 15.4. The molecule has 0 fully saturated rings. The van der Waals surface area contributed by atoms with Crippen LogP contribution in [0.25, 0.3) is 10.9 Å². The maximum atomic E-state index is 12.1. The monoisotopic (exact) mass is 379 g/mol. The Morgan fingerprint density at radius 1 is 1.19 bits per heavy atom. The predicted octanol–water partition coefficient (Wildman–Crippen LogP) is 3.64. The van der Waals surface area contributed by atoms with E-state index < -0.39 is 0 Å². The van der Waals surface area contributed by atoms with Crippen LogP contribution in [0.4, 0.5) is 5.82 Å². The normalized spacial score (nSPS) is 10.4. The summed E-state index contributed by atoms with van der Waals surface area (Å²) >= 11 is 5.91. The topological polar surface area (TPSA) is 79.1 Å². The number of nitriles is 1. The molecule has 0 unspecified atom stereocenters. The lowest BCUT2D eigenvalue weighted by Gasteiger charge is -2.07. The van der Waals surface area contributed by atoms with E-state index in [-0.39, 0.29) is 5.91 Å². The lowest BCUT2D eigenvalue weighted by atomic mass is 10.0. The van der Waals surface area contributed by atoms with Crippen molar-refractivity contribution in [3.63, 3.8) is 0 Å². The number of hydrogen-bond acceptors (Lipinski definition) is 3. The number of nitrogens with one attached hydrogen (secondary N) is 3. The molecule has 5 nitrogen and oxygen atoms in total. The number of amides is 1. The molecular formula is C21H20ClN4O+. The Morgan fingerprint density at radius 2 is 2.00 bits per heavy atom. The minimum Gasteiger partial charge on any atom is -0.348 e. The molecule has 0 aliphatic rings. The number of carbonyl (C=O) groups is 1. The second-order valence-electron chi connectivity index (χ2n) is 6.41. The molecule has 0 saturated carbocycles. The van der Waals surface area contributed by atoms with Gasteiger partial charge in [0.15, 0.2) is 0 Å². The van der Waals surface area contributed by atoms with Crippen LogP contribution in [0.2, 0.25) is 5.02 Å². The third-order valence-electron chi connectivity index (χ3n) is 4.27. The number of aromatic amines is 1. The van der Waals surface area contributed by atoms with Crippen molar-refractivity contribution in [2.75, 3.05) is 18.4 Å². The number of benzene rings is 2. The lowest BCUT2D eigenvalue weighted by Crippen LogP contribution is -2.30. The molecule has 27 heavy (non-hydrogen) atoms. The molecule has 136 valence electrons. The smallest absolute Gasteiger partial charge is 0.290 e. The minimum atomic E-state index is -0.187. The minimum absolute atomic E-state index is 0.187.